The molecule has 2 rings (SSSR count). The molecule has 1 aromatic rings. The summed E-state index contributed by atoms with van der Waals surface area (Å²) in [4.78, 5) is 24.0. The zero-order valence-corrected chi connectivity index (χ0v) is 12.6. The highest BCUT2D eigenvalue weighted by Gasteiger charge is 2.48. The minimum atomic E-state index is -1.08. The van der Waals surface area contributed by atoms with Gasteiger partial charge < -0.3 is 15.2 Å². The highest BCUT2D eigenvalue weighted by Crippen LogP contribution is 2.30. The van der Waals surface area contributed by atoms with E-state index < -0.39 is 22.8 Å². The molecule has 0 radical (unpaired) electrons. The number of ether oxygens (including phenoxy) is 1. The number of carbonyl (C=O) groups excluding carboxylic acids is 1. The predicted octanol–water partition coefficient (Wildman–Crippen LogP) is 1.57. The molecule has 2 N–H and O–H groups in total. The van der Waals surface area contributed by atoms with Crippen LogP contribution in [0.25, 0.3) is 0 Å². The first-order valence-corrected chi connectivity index (χ1v) is 6.96. The summed E-state index contributed by atoms with van der Waals surface area (Å²) in [7, 11) is 0. The van der Waals surface area contributed by atoms with Crippen LogP contribution in [-0.2, 0) is 19.7 Å². The second kappa shape index (κ2) is 5.48. The van der Waals surface area contributed by atoms with Crippen molar-refractivity contribution in [1.82, 2.24) is 5.32 Å². The second-order valence-electron chi connectivity index (χ2n) is 6.25. The van der Waals surface area contributed by atoms with Gasteiger partial charge in [-0.2, -0.15) is 0 Å². The monoisotopic (exact) mass is 291 g/mol. The Kier molecular flexibility index (Phi) is 4.05. The van der Waals surface area contributed by atoms with Crippen molar-refractivity contribution in [1.29, 1.82) is 0 Å². The van der Waals surface area contributed by atoms with Crippen molar-refractivity contribution >= 4 is 11.9 Å². The van der Waals surface area contributed by atoms with E-state index in [2.05, 4.69) is 5.32 Å². The molecule has 0 bridgehead atoms. The Hall–Kier alpha value is -1.88. The summed E-state index contributed by atoms with van der Waals surface area (Å²) in [6.45, 7) is 5.58. The summed E-state index contributed by atoms with van der Waals surface area (Å²) in [5, 5.41) is 12.2. The summed E-state index contributed by atoms with van der Waals surface area (Å²) in [6, 6.07) is 8.91. The fourth-order valence-corrected chi connectivity index (χ4v) is 2.41. The lowest BCUT2D eigenvalue weighted by Crippen LogP contribution is -2.53. The largest absolute Gasteiger partial charge is 0.481 e. The molecule has 21 heavy (non-hydrogen) atoms. The van der Waals surface area contributed by atoms with E-state index in [1.807, 2.05) is 44.2 Å². The van der Waals surface area contributed by atoms with Crippen LogP contribution in [0.5, 0.6) is 0 Å². The Morgan fingerprint density at radius 1 is 1.33 bits per heavy atom. The molecule has 5 heteroatoms. The summed E-state index contributed by atoms with van der Waals surface area (Å²) in [5.74, 6) is -1.15. The molecule has 1 aliphatic rings. The molecule has 0 aromatic heterocycles. The molecule has 0 saturated carbocycles. The van der Waals surface area contributed by atoms with Crippen LogP contribution >= 0.6 is 0 Å². The van der Waals surface area contributed by atoms with Gasteiger partial charge in [-0.15, -0.1) is 0 Å². The minimum Gasteiger partial charge on any atom is -0.481 e. The first-order chi connectivity index (χ1) is 9.78. The van der Waals surface area contributed by atoms with Gasteiger partial charge in [0.1, 0.15) is 5.41 Å². The number of amides is 1. The molecule has 1 fully saturated rings. The molecule has 1 amide bonds. The van der Waals surface area contributed by atoms with E-state index in [-0.39, 0.29) is 19.1 Å². The maximum absolute atomic E-state index is 12.6. The van der Waals surface area contributed by atoms with Crippen LogP contribution in [0.2, 0.25) is 0 Å². The summed E-state index contributed by atoms with van der Waals surface area (Å²) in [5.41, 5.74) is -0.926. The van der Waals surface area contributed by atoms with Gasteiger partial charge in [-0.25, -0.2) is 0 Å². The zero-order valence-electron chi connectivity index (χ0n) is 12.6. The van der Waals surface area contributed by atoms with E-state index >= 15 is 0 Å². The molecular weight excluding hydrogens is 270 g/mol. The Labute approximate surface area is 124 Å². The van der Waals surface area contributed by atoms with Crippen LogP contribution in [0.4, 0.5) is 0 Å². The average Bonchev–Trinajstić information content (AvgIpc) is 2.82. The van der Waals surface area contributed by atoms with Crippen molar-refractivity contribution in [3.05, 3.63) is 35.9 Å². The fraction of sp³-hybridized carbons (Fsp3) is 0.500. The summed E-state index contributed by atoms with van der Waals surface area (Å²) >= 11 is 0. The lowest BCUT2D eigenvalue weighted by molar-refractivity contribution is -0.149. The van der Waals surface area contributed by atoms with Gasteiger partial charge in [-0.05, 0) is 26.3 Å². The number of rotatable bonds is 4. The zero-order chi connectivity index (χ0) is 15.7. The third-order valence-corrected chi connectivity index (χ3v) is 4.31. The van der Waals surface area contributed by atoms with Crippen LogP contribution in [0.3, 0.4) is 0 Å². The molecule has 5 nitrogen and oxygen atoms in total. The first kappa shape index (κ1) is 15.5. The van der Waals surface area contributed by atoms with Gasteiger partial charge in [-0.3, -0.25) is 9.59 Å². The topological polar surface area (TPSA) is 75.6 Å². The van der Waals surface area contributed by atoms with E-state index in [9.17, 15) is 14.7 Å². The Balaban J connectivity index is 2.16. The van der Waals surface area contributed by atoms with Gasteiger partial charge in [0.2, 0.25) is 5.91 Å². The Morgan fingerprint density at radius 2 is 1.95 bits per heavy atom. The molecular formula is C16H21NO4. The number of benzene rings is 1. The number of carboxylic acids is 1. The molecule has 2 atom stereocenters. The second-order valence-corrected chi connectivity index (χ2v) is 6.25. The lowest BCUT2D eigenvalue weighted by Gasteiger charge is -2.30. The molecule has 0 spiro atoms. The third-order valence-electron chi connectivity index (χ3n) is 4.31. The van der Waals surface area contributed by atoms with Crippen molar-refractivity contribution in [2.24, 2.45) is 5.41 Å². The van der Waals surface area contributed by atoms with Crippen LogP contribution in [0, 0.1) is 5.41 Å². The lowest BCUT2D eigenvalue weighted by atomic mass is 9.81. The van der Waals surface area contributed by atoms with E-state index in [4.69, 9.17) is 4.74 Å². The molecule has 0 aliphatic carbocycles. The molecule has 114 valence electrons. The predicted molar refractivity (Wildman–Crippen MR) is 78.0 cm³/mol. The van der Waals surface area contributed by atoms with Crippen LogP contribution in [0.1, 0.15) is 26.3 Å². The quantitative estimate of drug-likeness (QED) is 0.883. The Morgan fingerprint density at radius 3 is 2.52 bits per heavy atom. The molecule has 1 aromatic carbocycles. The van der Waals surface area contributed by atoms with Crippen molar-refractivity contribution in [2.75, 3.05) is 13.2 Å². The van der Waals surface area contributed by atoms with Crippen LogP contribution < -0.4 is 5.32 Å². The van der Waals surface area contributed by atoms with Gasteiger partial charge >= 0.3 is 5.97 Å². The normalized spacial score (nSPS) is 25.6. The van der Waals surface area contributed by atoms with Crippen molar-refractivity contribution in [3.8, 4) is 0 Å². The molecule has 1 saturated heterocycles. The number of hydrogen-bond donors (Lipinski definition) is 2. The maximum Gasteiger partial charge on any atom is 0.313 e. The first-order valence-electron chi connectivity index (χ1n) is 6.96. The third kappa shape index (κ3) is 2.78. The standard InChI is InChI=1S/C16H21NO4/c1-15(2,11-7-5-4-6-8-11)13(18)17-12-9-21-10-16(12,3)14(19)20/h4-8,12H,9-10H2,1-3H3,(H,17,18)(H,19,20). The van der Waals surface area contributed by atoms with Gasteiger partial charge in [0.05, 0.1) is 24.7 Å². The average molecular weight is 291 g/mol. The van der Waals surface area contributed by atoms with Gasteiger partial charge in [0, 0.05) is 0 Å². The van der Waals surface area contributed by atoms with Crippen LogP contribution in [-0.4, -0.2) is 36.2 Å². The van der Waals surface area contributed by atoms with Gasteiger partial charge in [-0.1, -0.05) is 30.3 Å². The Bertz CT molecular complexity index is 540. The highest BCUT2D eigenvalue weighted by atomic mass is 16.5. The van der Waals surface area contributed by atoms with Crippen LogP contribution in [0.15, 0.2) is 30.3 Å². The number of hydrogen-bond acceptors (Lipinski definition) is 3. The van der Waals surface area contributed by atoms with E-state index in [1.165, 1.54) is 0 Å². The van der Waals surface area contributed by atoms with Crippen molar-refractivity contribution < 1.29 is 19.4 Å². The van der Waals surface area contributed by atoms with Gasteiger partial charge in [0.15, 0.2) is 0 Å². The van der Waals surface area contributed by atoms with E-state index in [0.717, 1.165) is 5.56 Å². The maximum atomic E-state index is 12.6. The van der Waals surface area contributed by atoms with E-state index in [1.54, 1.807) is 6.92 Å². The number of carboxylic acid groups (broad SMARTS) is 1. The molecule has 2 unspecified atom stereocenters. The fourth-order valence-electron chi connectivity index (χ4n) is 2.41. The molecule has 1 aliphatic heterocycles. The highest BCUT2D eigenvalue weighted by molar-refractivity contribution is 5.88. The number of aliphatic carboxylic acids is 1. The molecule has 1 heterocycles. The van der Waals surface area contributed by atoms with Gasteiger partial charge in [0.25, 0.3) is 0 Å². The number of carbonyl (C=O) groups is 2. The smallest absolute Gasteiger partial charge is 0.313 e. The SMILES string of the molecule is CC(C)(C(=O)NC1COCC1(C)C(=O)O)c1ccccc1. The summed E-state index contributed by atoms with van der Waals surface area (Å²) in [6.07, 6.45) is 0. The minimum absolute atomic E-state index is 0.110. The number of nitrogens with one attached hydrogen (secondary N) is 1. The van der Waals surface area contributed by atoms with Crippen molar-refractivity contribution in [3.63, 3.8) is 0 Å². The van der Waals surface area contributed by atoms with E-state index in [0.29, 0.717) is 0 Å². The van der Waals surface area contributed by atoms with Crippen molar-refractivity contribution in [2.45, 2.75) is 32.2 Å². The summed E-state index contributed by atoms with van der Waals surface area (Å²) < 4.78 is 5.26.